The van der Waals surface area contributed by atoms with Crippen LogP contribution in [0.25, 0.3) is 0 Å². The monoisotopic (exact) mass is 213 g/mol. The molecule has 1 unspecified atom stereocenters. The zero-order valence-corrected chi connectivity index (χ0v) is 9.91. The molecule has 0 aromatic carbocycles. The largest absolute Gasteiger partial charge is 0.385 e. The Morgan fingerprint density at radius 1 is 1.47 bits per heavy atom. The molecule has 1 fully saturated rings. The highest BCUT2D eigenvalue weighted by Crippen LogP contribution is 2.06. The molecule has 1 rings (SSSR count). The molecule has 15 heavy (non-hydrogen) atoms. The maximum absolute atomic E-state index is 5.89. The Balaban J connectivity index is 2.40. The zero-order chi connectivity index (χ0) is 11.1. The number of nitrogens with two attached hydrogens (primary N) is 1. The van der Waals surface area contributed by atoms with Crippen LogP contribution in [0.15, 0.2) is 4.99 Å². The second kappa shape index (κ2) is 6.80. The molecule has 1 aliphatic rings. The highest BCUT2D eigenvalue weighted by molar-refractivity contribution is 5.85. The third-order valence-corrected chi connectivity index (χ3v) is 2.54. The lowest BCUT2D eigenvalue weighted by molar-refractivity contribution is 0.00605. The van der Waals surface area contributed by atoms with Crippen molar-refractivity contribution in [1.82, 2.24) is 4.90 Å². The zero-order valence-electron chi connectivity index (χ0n) is 9.91. The van der Waals surface area contributed by atoms with Crippen molar-refractivity contribution in [2.75, 3.05) is 32.8 Å². The third-order valence-electron chi connectivity index (χ3n) is 2.54. The lowest BCUT2D eigenvalue weighted by atomic mass is 10.2. The van der Waals surface area contributed by atoms with E-state index >= 15 is 0 Å². The van der Waals surface area contributed by atoms with Crippen molar-refractivity contribution in [2.45, 2.75) is 32.8 Å². The number of hydrogen-bond acceptors (Lipinski definition) is 3. The number of rotatable bonds is 5. The highest BCUT2D eigenvalue weighted by atomic mass is 16.5. The molecule has 0 aromatic heterocycles. The van der Waals surface area contributed by atoms with E-state index < -0.39 is 0 Å². The van der Waals surface area contributed by atoms with E-state index in [0.717, 1.165) is 39.2 Å². The van der Waals surface area contributed by atoms with Crippen LogP contribution in [0.2, 0.25) is 0 Å². The summed E-state index contributed by atoms with van der Waals surface area (Å²) in [6.07, 6.45) is 2.22. The Kier molecular flexibility index (Phi) is 5.65. The molecule has 0 aromatic rings. The van der Waals surface area contributed by atoms with Gasteiger partial charge in [-0.05, 0) is 19.4 Å². The molecule has 1 saturated heterocycles. The summed E-state index contributed by atoms with van der Waals surface area (Å²) in [6, 6.07) is 0. The van der Waals surface area contributed by atoms with Crippen LogP contribution >= 0.6 is 0 Å². The summed E-state index contributed by atoms with van der Waals surface area (Å²) in [6.45, 7) is 8.91. The van der Waals surface area contributed by atoms with Crippen molar-refractivity contribution in [3.05, 3.63) is 0 Å². The Morgan fingerprint density at radius 2 is 2.27 bits per heavy atom. The van der Waals surface area contributed by atoms with Crippen molar-refractivity contribution in [2.24, 2.45) is 10.7 Å². The van der Waals surface area contributed by atoms with Gasteiger partial charge < -0.3 is 10.5 Å². The van der Waals surface area contributed by atoms with Crippen LogP contribution in [0.4, 0.5) is 0 Å². The molecule has 4 nitrogen and oxygen atoms in total. The number of hydrogen-bond donors (Lipinski definition) is 1. The van der Waals surface area contributed by atoms with Gasteiger partial charge in [-0.1, -0.05) is 13.8 Å². The van der Waals surface area contributed by atoms with Crippen molar-refractivity contribution < 1.29 is 4.74 Å². The van der Waals surface area contributed by atoms with E-state index in [1.165, 1.54) is 6.42 Å². The van der Waals surface area contributed by atoms with Crippen LogP contribution in [0.3, 0.4) is 0 Å². The van der Waals surface area contributed by atoms with Crippen LogP contribution in [0.1, 0.15) is 26.7 Å². The van der Waals surface area contributed by atoms with Crippen LogP contribution in [-0.2, 0) is 4.74 Å². The molecule has 0 spiro atoms. The fourth-order valence-electron chi connectivity index (χ4n) is 1.74. The van der Waals surface area contributed by atoms with Crippen molar-refractivity contribution in [3.63, 3.8) is 0 Å². The van der Waals surface area contributed by atoms with Gasteiger partial charge in [0.25, 0.3) is 0 Å². The molecule has 0 saturated carbocycles. The van der Waals surface area contributed by atoms with E-state index in [0.29, 0.717) is 5.84 Å². The molecule has 2 N–H and O–H groups in total. The van der Waals surface area contributed by atoms with Gasteiger partial charge in [0.1, 0.15) is 11.9 Å². The van der Waals surface area contributed by atoms with Crippen LogP contribution < -0.4 is 5.73 Å². The molecule has 1 aliphatic heterocycles. The Hall–Kier alpha value is -0.610. The Bertz CT molecular complexity index is 204. The van der Waals surface area contributed by atoms with E-state index in [1.807, 2.05) is 0 Å². The normalized spacial score (nSPS) is 24.4. The first-order valence-electron chi connectivity index (χ1n) is 5.91. The highest BCUT2D eigenvalue weighted by Gasteiger charge is 2.22. The van der Waals surface area contributed by atoms with Gasteiger partial charge in [-0.3, -0.25) is 9.89 Å². The SMILES string of the molecule is CCCN=C(N)C1CN(CCC)CCO1. The molecule has 4 heteroatoms. The minimum Gasteiger partial charge on any atom is -0.385 e. The first-order valence-corrected chi connectivity index (χ1v) is 5.91. The van der Waals surface area contributed by atoms with Gasteiger partial charge in [-0.15, -0.1) is 0 Å². The molecule has 1 heterocycles. The average molecular weight is 213 g/mol. The van der Waals surface area contributed by atoms with Crippen molar-refractivity contribution >= 4 is 5.84 Å². The maximum Gasteiger partial charge on any atom is 0.127 e. The second-order valence-corrected chi connectivity index (χ2v) is 3.97. The molecule has 0 aliphatic carbocycles. The fraction of sp³-hybridized carbons (Fsp3) is 0.909. The van der Waals surface area contributed by atoms with Crippen LogP contribution in [0.5, 0.6) is 0 Å². The molecular formula is C11H23N3O. The predicted octanol–water partition coefficient (Wildman–Crippen LogP) is 0.864. The van der Waals surface area contributed by atoms with Crippen LogP contribution in [0, 0.1) is 0 Å². The summed E-state index contributed by atoms with van der Waals surface area (Å²) in [5, 5.41) is 0. The lowest BCUT2D eigenvalue weighted by Crippen LogP contribution is -2.48. The summed E-state index contributed by atoms with van der Waals surface area (Å²) in [5.41, 5.74) is 5.89. The van der Waals surface area contributed by atoms with Gasteiger partial charge in [0.2, 0.25) is 0 Å². The third kappa shape index (κ3) is 4.18. The molecule has 0 bridgehead atoms. The number of aliphatic imine (C=N–C) groups is 1. The standard InChI is InChI=1S/C11H23N3O/c1-3-5-13-11(12)10-9-14(6-4-2)7-8-15-10/h10H,3-9H2,1-2H3,(H2,12,13). The van der Waals surface area contributed by atoms with Crippen molar-refractivity contribution in [3.8, 4) is 0 Å². The molecule has 1 atom stereocenters. The summed E-state index contributed by atoms with van der Waals surface area (Å²) < 4.78 is 5.62. The Morgan fingerprint density at radius 3 is 2.93 bits per heavy atom. The average Bonchev–Trinajstić information content (AvgIpc) is 2.27. The molecule has 0 radical (unpaired) electrons. The fourth-order valence-corrected chi connectivity index (χ4v) is 1.74. The van der Waals surface area contributed by atoms with E-state index in [-0.39, 0.29) is 6.10 Å². The van der Waals surface area contributed by atoms with Gasteiger partial charge in [0, 0.05) is 19.6 Å². The molecule has 88 valence electrons. The van der Waals surface area contributed by atoms with Crippen LogP contribution in [-0.4, -0.2) is 49.6 Å². The lowest BCUT2D eigenvalue weighted by Gasteiger charge is -2.32. The summed E-state index contributed by atoms with van der Waals surface area (Å²) in [7, 11) is 0. The maximum atomic E-state index is 5.89. The van der Waals surface area contributed by atoms with Gasteiger partial charge in [-0.25, -0.2) is 0 Å². The van der Waals surface area contributed by atoms with E-state index in [9.17, 15) is 0 Å². The first-order chi connectivity index (χ1) is 7.27. The summed E-state index contributed by atoms with van der Waals surface area (Å²) >= 11 is 0. The van der Waals surface area contributed by atoms with Gasteiger partial charge in [-0.2, -0.15) is 0 Å². The van der Waals surface area contributed by atoms with Gasteiger partial charge in [0.05, 0.1) is 6.61 Å². The van der Waals surface area contributed by atoms with Crippen molar-refractivity contribution in [1.29, 1.82) is 0 Å². The van der Waals surface area contributed by atoms with E-state index in [4.69, 9.17) is 10.5 Å². The number of ether oxygens (including phenoxy) is 1. The van der Waals surface area contributed by atoms with E-state index in [2.05, 4.69) is 23.7 Å². The van der Waals surface area contributed by atoms with E-state index in [1.54, 1.807) is 0 Å². The Labute approximate surface area is 92.5 Å². The van der Waals surface area contributed by atoms with Gasteiger partial charge in [0.15, 0.2) is 0 Å². The first kappa shape index (κ1) is 12.5. The number of nitrogens with zero attached hydrogens (tertiary/aromatic N) is 2. The molecule has 0 amide bonds. The summed E-state index contributed by atoms with van der Waals surface area (Å²) in [5.74, 6) is 0.664. The topological polar surface area (TPSA) is 50.8 Å². The quantitative estimate of drug-likeness (QED) is 0.544. The molecular weight excluding hydrogens is 190 g/mol. The predicted molar refractivity (Wildman–Crippen MR) is 63.3 cm³/mol. The minimum atomic E-state index is 0.0110. The number of amidine groups is 1. The minimum absolute atomic E-state index is 0.0110. The van der Waals surface area contributed by atoms with Gasteiger partial charge >= 0.3 is 0 Å². The summed E-state index contributed by atoms with van der Waals surface area (Å²) in [4.78, 5) is 6.70. The smallest absolute Gasteiger partial charge is 0.127 e. The second-order valence-electron chi connectivity index (χ2n) is 3.97. The number of morpholine rings is 1.